The van der Waals surface area contributed by atoms with Gasteiger partial charge in [-0.05, 0) is 0 Å². The highest BCUT2D eigenvalue weighted by Crippen LogP contribution is 2.29. The van der Waals surface area contributed by atoms with Crippen molar-refractivity contribution in [3.63, 3.8) is 0 Å². The summed E-state index contributed by atoms with van der Waals surface area (Å²) < 4.78 is 27.9. The molecule has 18 heavy (non-hydrogen) atoms. The molecular formula is C8H8N4O5S. The van der Waals surface area contributed by atoms with Gasteiger partial charge >= 0.3 is 21.7 Å². The highest BCUT2D eigenvalue weighted by atomic mass is 32.2. The van der Waals surface area contributed by atoms with Crippen molar-refractivity contribution in [1.82, 2.24) is 14.8 Å². The minimum atomic E-state index is -3.89. The summed E-state index contributed by atoms with van der Waals surface area (Å²) in [5.41, 5.74) is -0.236. The molecule has 0 aliphatic heterocycles. The zero-order chi connectivity index (χ0) is 13.5. The monoisotopic (exact) mass is 272 g/mol. The van der Waals surface area contributed by atoms with Crippen molar-refractivity contribution in [1.29, 1.82) is 0 Å². The Hall–Kier alpha value is -2.23. The first-order chi connectivity index (χ1) is 8.28. The fourth-order valence-electron chi connectivity index (χ4n) is 1.38. The summed E-state index contributed by atoms with van der Waals surface area (Å²) >= 11 is 0. The van der Waals surface area contributed by atoms with E-state index in [9.17, 15) is 18.5 Å². The Labute approximate surface area is 101 Å². The molecule has 0 atom stereocenters. The smallest absolute Gasteiger partial charge is 0.333 e. The van der Waals surface area contributed by atoms with E-state index in [4.69, 9.17) is 0 Å². The van der Waals surface area contributed by atoms with E-state index in [1.54, 1.807) is 7.05 Å². The summed E-state index contributed by atoms with van der Waals surface area (Å²) in [5, 5.41) is 15.1. The van der Waals surface area contributed by atoms with Crippen LogP contribution in [0.1, 0.15) is 0 Å². The largest absolute Gasteiger partial charge is 0.354 e. The molecule has 0 N–H and O–H groups in total. The molecule has 0 radical (unpaired) electrons. The quantitative estimate of drug-likeness (QED) is 0.445. The van der Waals surface area contributed by atoms with E-state index < -0.39 is 26.6 Å². The molecule has 0 bridgehead atoms. The Morgan fingerprint density at radius 3 is 2.72 bits per heavy atom. The summed E-state index contributed by atoms with van der Waals surface area (Å²) in [4.78, 5) is 13.9. The molecule has 2 rings (SSSR count). The minimum absolute atomic E-state index is 0.291. The Kier molecular flexibility index (Phi) is 2.66. The third-order valence-corrected chi connectivity index (χ3v) is 2.54. The van der Waals surface area contributed by atoms with Crippen LogP contribution in [0.3, 0.4) is 0 Å². The van der Waals surface area contributed by atoms with Crippen molar-refractivity contribution in [2.24, 2.45) is 7.05 Å². The first-order valence-corrected chi connectivity index (χ1v) is 6.46. The van der Waals surface area contributed by atoms with E-state index in [2.05, 4.69) is 14.3 Å². The molecule has 0 amide bonds. The lowest BCUT2D eigenvalue weighted by Crippen LogP contribution is -2.09. The molecule has 0 aromatic carbocycles. The third-order valence-electron chi connectivity index (χ3n) is 2.08. The average molecular weight is 272 g/mol. The molecule has 0 aliphatic rings. The second kappa shape index (κ2) is 3.91. The van der Waals surface area contributed by atoms with Gasteiger partial charge in [0.2, 0.25) is 0 Å². The Balaban J connectivity index is 2.71. The predicted molar refractivity (Wildman–Crippen MR) is 60.6 cm³/mol. The van der Waals surface area contributed by atoms with Crippen molar-refractivity contribution >= 4 is 26.8 Å². The molecule has 0 saturated carbocycles. The lowest BCUT2D eigenvalue weighted by Gasteiger charge is -2.03. The number of aromatic nitrogens is 3. The van der Waals surface area contributed by atoms with Gasteiger partial charge in [-0.25, -0.2) is 0 Å². The van der Waals surface area contributed by atoms with E-state index in [1.165, 1.54) is 10.9 Å². The van der Waals surface area contributed by atoms with Crippen LogP contribution in [0, 0.1) is 10.1 Å². The predicted octanol–water partition coefficient (Wildman–Crippen LogP) is 0.215. The van der Waals surface area contributed by atoms with Crippen molar-refractivity contribution in [2.45, 2.75) is 0 Å². The maximum Gasteiger partial charge on any atom is 0.333 e. The molecular weight excluding hydrogens is 264 g/mol. The van der Waals surface area contributed by atoms with Crippen LogP contribution >= 0.6 is 0 Å². The maximum atomic E-state index is 11.0. The highest BCUT2D eigenvalue weighted by molar-refractivity contribution is 7.86. The zero-order valence-electron chi connectivity index (χ0n) is 9.39. The lowest BCUT2D eigenvalue weighted by atomic mass is 10.3. The Morgan fingerprint density at radius 2 is 2.17 bits per heavy atom. The van der Waals surface area contributed by atoms with Gasteiger partial charge in [-0.1, -0.05) is 0 Å². The van der Waals surface area contributed by atoms with Crippen LogP contribution in [0.15, 0.2) is 12.3 Å². The lowest BCUT2D eigenvalue weighted by molar-refractivity contribution is -0.385. The van der Waals surface area contributed by atoms with Gasteiger partial charge in [-0.15, -0.1) is 0 Å². The van der Waals surface area contributed by atoms with Gasteiger partial charge in [0.15, 0.2) is 5.65 Å². The molecule has 2 aromatic heterocycles. The average Bonchev–Trinajstić information content (AvgIpc) is 2.56. The summed E-state index contributed by atoms with van der Waals surface area (Å²) in [5.74, 6) is -0.571. The normalized spacial score (nSPS) is 11.7. The number of nitro groups is 1. The van der Waals surface area contributed by atoms with E-state index in [1.807, 2.05) is 0 Å². The first kappa shape index (κ1) is 12.2. The van der Waals surface area contributed by atoms with E-state index in [0.717, 1.165) is 12.3 Å². The zero-order valence-corrected chi connectivity index (χ0v) is 10.2. The summed E-state index contributed by atoms with van der Waals surface area (Å²) in [6.07, 6.45) is 2.17. The molecule has 2 aromatic rings. The van der Waals surface area contributed by atoms with E-state index >= 15 is 0 Å². The van der Waals surface area contributed by atoms with Gasteiger partial charge in [0, 0.05) is 18.5 Å². The van der Waals surface area contributed by atoms with Crippen LogP contribution in [0.2, 0.25) is 0 Å². The van der Waals surface area contributed by atoms with Crippen molar-refractivity contribution < 1.29 is 17.5 Å². The summed E-state index contributed by atoms with van der Waals surface area (Å²) in [7, 11) is -2.32. The topological polar surface area (TPSA) is 117 Å². The molecule has 96 valence electrons. The maximum absolute atomic E-state index is 11.0. The summed E-state index contributed by atoms with van der Waals surface area (Å²) in [6.45, 7) is 0. The Morgan fingerprint density at radius 1 is 1.50 bits per heavy atom. The number of nitrogens with zero attached hydrogens (tertiary/aromatic N) is 4. The molecule has 0 spiro atoms. The van der Waals surface area contributed by atoms with E-state index in [-0.39, 0.29) is 0 Å². The minimum Gasteiger partial charge on any atom is -0.354 e. The number of fused-ring (bicyclic) bond motifs is 1. The first-order valence-electron chi connectivity index (χ1n) is 4.64. The van der Waals surface area contributed by atoms with Crippen molar-refractivity contribution in [2.75, 3.05) is 6.26 Å². The molecule has 0 unspecified atom stereocenters. The third kappa shape index (κ3) is 2.22. The number of rotatable bonds is 3. The number of hydrogen-bond acceptors (Lipinski definition) is 7. The van der Waals surface area contributed by atoms with Crippen LogP contribution in [0.5, 0.6) is 5.88 Å². The fourth-order valence-corrected chi connectivity index (χ4v) is 1.79. The van der Waals surface area contributed by atoms with Crippen molar-refractivity contribution in [3.8, 4) is 5.88 Å². The molecule has 0 aliphatic carbocycles. The van der Waals surface area contributed by atoms with Crippen LogP contribution in [0.4, 0.5) is 5.69 Å². The summed E-state index contributed by atoms with van der Waals surface area (Å²) in [6, 6.07) is 1.16. The number of pyridine rings is 1. The van der Waals surface area contributed by atoms with Crippen LogP contribution in [-0.2, 0) is 17.2 Å². The van der Waals surface area contributed by atoms with E-state index in [0.29, 0.717) is 11.0 Å². The Bertz CT molecular complexity index is 735. The SMILES string of the molecule is Cn1ncc2cc([N+](=O)[O-])c(OS(C)(=O)=O)nc21. The van der Waals surface area contributed by atoms with Crippen LogP contribution < -0.4 is 4.18 Å². The molecule has 9 nitrogen and oxygen atoms in total. The van der Waals surface area contributed by atoms with Gasteiger partial charge in [-0.2, -0.15) is 18.5 Å². The second-order valence-corrected chi connectivity index (χ2v) is 5.11. The molecule has 0 saturated heterocycles. The standard InChI is InChI=1S/C8H8N4O5S/c1-11-7-5(4-9-11)3-6(12(13)14)8(10-7)17-18(2,15)16/h3-4H,1-2H3. The molecule has 0 fully saturated rings. The fraction of sp³-hybridized carbons (Fsp3) is 0.250. The molecule has 10 heteroatoms. The van der Waals surface area contributed by atoms with Crippen LogP contribution in [-0.4, -0.2) is 34.4 Å². The van der Waals surface area contributed by atoms with Gasteiger partial charge in [0.05, 0.1) is 17.4 Å². The highest BCUT2D eigenvalue weighted by Gasteiger charge is 2.23. The van der Waals surface area contributed by atoms with Crippen molar-refractivity contribution in [3.05, 3.63) is 22.4 Å². The number of hydrogen-bond donors (Lipinski definition) is 0. The number of aryl methyl sites for hydroxylation is 1. The van der Waals surface area contributed by atoms with Gasteiger partial charge in [0.25, 0.3) is 0 Å². The van der Waals surface area contributed by atoms with Gasteiger partial charge in [-0.3, -0.25) is 14.8 Å². The second-order valence-electron chi connectivity index (χ2n) is 3.54. The van der Waals surface area contributed by atoms with Gasteiger partial charge in [0.1, 0.15) is 0 Å². The van der Waals surface area contributed by atoms with Gasteiger partial charge < -0.3 is 4.18 Å². The van der Waals surface area contributed by atoms with Crippen LogP contribution in [0.25, 0.3) is 11.0 Å². The molecule has 2 heterocycles.